The summed E-state index contributed by atoms with van der Waals surface area (Å²) in [6.45, 7) is 3.19. The average molecular weight is 204 g/mol. The molecule has 0 spiro atoms. The standard InChI is InChI=1S/C10H12N4O/c1-3-14-8(6-11)7-4-5-13(2)10(15)9(7)12-14/h3-5H2,1-2H3. The Morgan fingerprint density at radius 2 is 2.33 bits per heavy atom. The van der Waals surface area contributed by atoms with E-state index < -0.39 is 0 Å². The number of hydrogen-bond donors (Lipinski definition) is 0. The number of likely N-dealkylation sites (N-methyl/N-ethyl adjacent to an activating group) is 1. The number of hydrogen-bond acceptors (Lipinski definition) is 3. The first-order valence-electron chi connectivity index (χ1n) is 4.94. The number of amides is 1. The van der Waals surface area contributed by atoms with Gasteiger partial charge in [-0.2, -0.15) is 10.4 Å². The van der Waals surface area contributed by atoms with Crippen LogP contribution in [0.1, 0.15) is 28.7 Å². The van der Waals surface area contributed by atoms with Crippen molar-refractivity contribution in [1.82, 2.24) is 14.7 Å². The number of fused-ring (bicyclic) bond motifs is 1. The molecule has 0 N–H and O–H groups in total. The Morgan fingerprint density at radius 3 is 2.93 bits per heavy atom. The summed E-state index contributed by atoms with van der Waals surface area (Å²) in [5, 5.41) is 13.2. The van der Waals surface area contributed by atoms with E-state index in [9.17, 15) is 4.79 Å². The molecule has 1 aliphatic rings. The number of carbonyl (C=O) groups is 1. The second kappa shape index (κ2) is 3.39. The van der Waals surface area contributed by atoms with Gasteiger partial charge in [0.05, 0.1) is 0 Å². The minimum absolute atomic E-state index is 0.0834. The third-order valence-corrected chi connectivity index (χ3v) is 2.70. The highest BCUT2D eigenvalue weighted by molar-refractivity contribution is 5.95. The third kappa shape index (κ3) is 1.30. The van der Waals surface area contributed by atoms with Crippen LogP contribution in [-0.4, -0.2) is 34.2 Å². The number of nitrogens with zero attached hydrogens (tertiary/aromatic N) is 4. The SMILES string of the molecule is CCn1nc2c(c1C#N)CCN(C)C2=O. The molecule has 5 heteroatoms. The molecule has 1 amide bonds. The Kier molecular flexibility index (Phi) is 2.19. The molecule has 1 aliphatic heterocycles. The summed E-state index contributed by atoms with van der Waals surface area (Å²) in [5.74, 6) is -0.0834. The highest BCUT2D eigenvalue weighted by Gasteiger charge is 2.28. The van der Waals surface area contributed by atoms with Crippen LogP contribution in [-0.2, 0) is 13.0 Å². The molecule has 0 aliphatic carbocycles. The Balaban J connectivity index is 2.59. The quantitative estimate of drug-likeness (QED) is 0.665. The van der Waals surface area contributed by atoms with Gasteiger partial charge in [-0.25, -0.2) is 0 Å². The molecule has 1 aromatic rings. The van der Waals surface area contributed by atoms with E-state index in [2.05, 4.69) is 11.2 Å². The summed E-state index contributed by atoms with van der Waals surface area (Å²) in [5.41, 5.74) is 1.79. The lowest BCUT2D eigenvalue weighted by atomic mass is 10.0. The summed E-state index contributed by atoms with van der Waals surface area (Å²) in [7, 11) is 1.75. The van der Waals surface area contributed by atoms with Gasteiger partial charge in [0.1, 0.15) is 11.8 Å². The van der Waals surface area contributed by atoms with Crippen LogP contribution in [0.25, 0.3) is 0 Å². The zero-order valence-electron chi connectivity index (χ0n) is 8.82. The topological polar surface area (TPSA) is 61.9 Å². The Labute approximate surface area is 87.9 Å². The van der Waals surface area contributed by atoms with Crippen molar-refractivity contribution in [3.05, 3.63) is 17.0 Å². The van der Waals surface area contributed by atoms with Gasteiger partial charge >= 0.3 is 0 Å². The van der Waals surface area contributed by atoms with Gasteiger partial charge in [-0.1, -0.05) is 0 Å². The maximum atomic E-state index is 11.8. The molecule has 0 fully saturated rings. The molecule has 0 saturated carbocycles. The first kappa shape index (κ1) is 9.71. The predicted molar refractivity (Wildman–Crippen MR) is 53.3 cm³/mol. The fraction of sp³-hybridized carbons (Fsp3) is 0.500. The number of carbonyl (C=O) groups excluding carboxylic acids is 1. The first-order chi connectivity index (χ1) is 7.19. The molecular formula is C10H12N4O. The van der Waals surface area contributed by atoms with Crippen molar-refractivity contribution in [2.24, 2.45) is 0 Å². The van der Waals surface area contributed by atoms with Gasteiger partial charge < -0.3 is 4.90 Å². The Morgan fingerprint density at radius 1 is 1.60 bits per heavy atom. The largest absolute Gasteiger partial charge is 0.340 e. The van der Waals surface area contributed by atoms with Crippen LogP contribution in [0.4, 0.5) is 0 Å². The molecule has 2 heterocycles. The van der Waals surface area contributed by atoms with E-state index in [1.54, 1.807) is 16.6 Å². The maximum Gasteiger partial charge on any atom is 0.274 e. The van der Waals surface area contributed by atoms with E-state index >= 15 is 0 Å². The van der Waals surface area contributed by atoms with Crippen molar-refractivity contribution in [3.8, 4) is 6.07 Å². The molecule has 0 saturated heterocycles. The molecule has 0 aromatic carbocycles. The monoisotopic (exact) mass is 204 g/mol. The van der Waals surface area contributed by atoms with Crippen molar-refractivity contribution >= 4 is 5.91 Å². The molecule has 5 nitrogen and oxygen atoms in total. The van der Waals surface area contributed by atoms with Crippen molar-refractivity contribution in [3.63, 3.8) is 0 Å². The second-order valence-electron chi connectivity index (χ2n) is 3.58. The fourth-order valence-corrected chi connectivity index (χ4v) is 1.82. The molecule has 0 bridgehead atoms. The van der Waals surface area contributed by atoms with Gasteiger partial charge in [0.2, 0.25) is 0 Å². The summed E-state index contributed by atoms with van der Waals surface area (Å²) < 4.78 is 1.60. The van der Waals surface area contributed by atoms with Gasteiger partial charge in [0, 0.05) is 25.7 Å². The van der Waals surface area contributed by atoms with E-state index in [4.69, 9.17) is 5.26 Å². The molecule has 0 radical (unpaired) electrons. The van der Waals surface area contributed by atoms with Crippen LogP contribution in [0.3, 0.4) is 0 Å². The van der Waals surface area contributed by atoms with Crippen molar-refractivity contribution in [1.29, 1.82) is 5.26 Å². The lowest BCUT2D eigenvalue weighted by Crippen LogP contribution is -2.34. The highest BCUT2D eigenvalue weighted by Crippen LogP contribution is 2.20. The number of aromatic nitrogens is 2. The molecule has 78 valence electrons. The van der Waals surface area contributed by atoms with Crippen LogP contribution in [0.2, 0.25) is 0 Å². The summed E-state index contributed by atoms with van der Waals surface area (Å²) in [6.07, 6.45) is 0.723. The van der Waals surface area contributed by atoms with Crippen LogP contribution in [0, 0.1) is 11.3 Å². The van der Waals surface area contributed by atoms with E-state index in [1.165, 1.54) is 0 Å². The van der Waals surface area contributed by atoms with Gasteiger partial charge in [-0.15, -0.1) is 0 Å². The molecular weight excluding hydrogens is 192 g/mol. The second-order valence-corrected chi connectivity index (χ2v) is 3.58. The minimum atomic E-state index is -0.0834. The zero-order valence-corrected chi connectivity index (χ0v) is 8.82. The van der Waals surface area contributed by atoms with Crippen LogP contribution >= 0.6 is 0 Å². The summed E-state index contributed by atoms with van der Waals surface area (Å²) in [4.78, 5) is 13.4. The number of aryl methyl sites for hydroxylation is 1. The Bertz CT molecular complexity index is 455. The summed E-state index contributed by atoms with van der Waals surface area (Å²) >= 11 is 0. The molecule has 1 aromatic heterocycles. The van der Waals surface area contributed by atoms with Crippen LogP contribution in [0.5, 0.6) is 0 Å². The number of nitriles is 1. The van der Waals surface area contributed by atoms with Crippen molar-refractivity contribution in [2.45, 2.75) is 19.9 Å². The van der Waals surface area contributed by atoms with Crippen LogP contribution < -0.4 is 0 Å². The lowest BCUT2D eigenvalue weighted by Gasteiger charge is -2.20. The highest BCUT2D eigenvalue weighted by atomic mass is 16.2. The average Bonchev–Trinajstić information content (AvgIpc) is 2.61. The molecule has 2 rings (SSSR count). The zero-order chi connectivity index (χ0) is 11.0. The normalized spacial score (nSPS) is 15.0. The molecule has 0 unspecified atom stereocenters. The third-order valence-electron chi connectivity index (χ3n) is 2.70. The van der Waals surface area contributed by atoms with Crippen molar-refractivity contribution in [2.75, 3.05) is 13.6 Å². The summed E-state index contributed by atoms with van der Waals surface area (Å²) in [6, 6.07) is 2.12. The molecule has 15 heavy (non-hydrogen) atoms. The number of rotatable bonds is 1. The minimum Gasteiger partial charge on any atom is -0.340 e. The Hall–Kier alpha value is -1.83. The molecule has 0 atom stereocenters. The van der Waals surface area contributed by atoms with Crippen molar-refractivity contribution < 1.29 is 4.79 Å². The predicted octanol–water partition coefficient (Wildman–Crippen LogP) is 0.403. The van der Waals surface area contributed by atoms with Gasteiger partial charge in [-0.3, -0.25) is 9.48 Å². The van der Waals surface area contributed by atoms with Gasteiger partial charge in [0.15, 0.2) is 5.69 Å². The van der Waals surface area contributed by atoms with Crippen LogP contribution in [0.15, 0.2) is 0 Å². The first-order valence-corrected chi connectivity index (χ1v) is 4.94. The van der Waals surface area contributed by atoms with Gasteiger partial charge in [-0.05, 0) is 13.3 Å². The van der Waals surface area contributed by atoms with E-state index in [1.807, 2.05) is 6.92 Å². The smallest absolute Gasteiger partial charge is 0.274 e. The van der Waals surface area contributed by atoms with E-state index in [-0.39, 0.29) is 5.91 Å². The maximum absolute atomic E-state index is 11.8. The van der Waals surface area contributed by atoms with E-state index in [0.29, 0.717) is 24.5 Å². The fourth-order valence-electron chi connectivity index (χ4n) is 1.82. The van der Waals surface area contributed by atoms with E-state index in [0.717, 1.165) is 12.0 Å². The lowest BCUT2D eigenvalue weighted by molar-refractivity contribution is 0.0774. The van der Waals surface area contributed by atoms with Gasteiger partial charge in [0.25, 0.3) is 5.91 Å².